The van der Waals surface area contributed by atoms with Crippen molar-refractivity contribution in [2.24, 2.45) is 41.4 Å². The molecule has 4 aromatic rings. The highest BCUT2D eigenvalue weighted by atomic mass is 16.7. The Morgan fingerprint density at radius 2 is 1.20 bits per heavy atom. The summed E-state index contributed by atoms with van der Waals surface area (Å²) < 4.78 is 70.4. The number of nitrogens with zero attached hydrogens (tertiary/aromatic N) is 6. The molecule has 24 atom stereocenters. The number of likely N-dealkylation sites (N-methyl/N-ethyl adjacent to an activating group) is 2. The molecule has 4 saturated heterocycles. The third kappa shape index (κ3) is 20.3. The average Bonchev–Trinajstić information content (AvgIpc) is 1.55. The van der Waals surface area contributed by atoms with E-state index >= 15 is 0 Å². The van der Waals surface area contributed by atoms with E-state index in [1.165, 1.54) is 52.4 Å². The number of Topliss-reactive ketones (excluding diaryl/α,β-unsaturated/α-hetero) is 4. The number of carbonyl (C=O) groups is 9. The van der Waals surface area contributed by atoms with Crippen molar-refractivity contribution in [1.29, 1.82) is 0 Å². The molecule has 27 heteroatoms. The van der Waals surface area contributed by atoms with Gasteiger partial charge in [0.25, 0.3) is 0 Å². The number of ether oxygens (including phenoxy) is 11. The fourth-order valence-corrected chi connectivity index (χ4v) is 17.9. The summed E-state index contributed by atoms with van der Waals surface area (Å²) in [5, 5.41) is 12.6. The first-order valence-corrected chi connectivity index (χ1v) is 40.6. The van der Waals surface area contributed by atoms with Crippen molar-refractivity contribution in [3.8, 4) is 0 Å². The molecule has 0 radical (unpaired) electrons. The number of rotatable bonds is 20. The Labute approximate surface area is 672 Å². The van der Waals surface area contributed by atoms with Gasteiger partial charge in [-0.3, -0.25) is 33.8 Å². The Hall–Kier alpha value is -7.73. The van der Waals surface area contributed by atoms with Crippen molar-refractivity contribution in [3.63, 3.8) is 0 Å². The van der Waals surface area contributed by atoms with Gasteiger partial charge in [0.1, 0.15) is 42.3 Å². The largest absolute Gasteiger partial charge is 0.457 e. The Morgan fingerprint density at radius 3 is 1.75 bits per heavy atom. The lowest BCUT2D eigenvalue weighted by Gasteiger charge is -2.47. The molecule has 2 unspecified atom stereocenters. The van der Waals surface area contributed by atoms with Crippen LogP contribution in [0.3, 0.4) is 0 Å². The molecule has 4 fully saturated rings. The first kappa shape index (κ1) is 91.8. The number of pyridine rings is 1. The summed E-state index contributed by atoms with van der Waals surface area (Å²) in [6.07, 6.45) is 1.58. The minimum absolute atomic E-state index is 0.0770. The Kier molecular flexibility index (Phi) is 31.8. The number of para-hydroxylation sites is 1. The number of aryl methyl sites for hydroxylation is 1. The number of cyclic esters (lactones) is 2. The number of ketones is 4. The normalized spacial score (nSPS) is 35.7. The summed E-state index contributed by atoms with van der Waals surface area (Å²) in [6, 6.07) is 17.3. The summed E-state index contributed by atoms with van der Waals surface area (Å²) >= 11 is 0. The molecule has 0 bridgehead atoms. The zero-order chi connectivity index (χ0) is 84.2. The fraction of sp³-hybridized carbons (Fsp3) is 0.667. The topological polar surface area (TPSA) is 316 Å². The number of benzene rings is 2. The number of aliphatic hydroxyl groups is 1. The first-order valence-electron chi connectivity index (χ1n) is 40.6. The molecule has 1 amide bonds. The number of hydrogen-bond acceptors (Lipinski definition) is 25. The molecule has 2 aromatic carbocycles. The first-order chi connectivity index (χ1) is 53.8. The summed E-state index contributed by atoms with van der Waals surface area (Å²) in [7, 11) is 10.5. The highest BCUT2D eigenvalue weighted by molar-refractivity contribution is 6.01. The highest BCUT2D eigenvalue weighted by Crippen LogP contribution is 2.46. The lowest BCUT2D eigenvalue weighted by molar-refractivity contribution is -0.295. The van der Waals surface area contributed by atoms with Gasteiger partial charge in [-0.15, -0.1) is 0 Å². The second-order valence-electron chi connectivity index (χ2n) is 33.0. The van der Waals surface area contributed by atoms with E-state index in [9.17, 15) is 48.3 Å². The van der Waals surface area contributed by atoms with Crippen molar-refractivity contribution in [3.05, 3.63) is 108 Å². The third-order valence-corrected chi connectivity index (χ3v) is 24.6. The molecular weight excluding hydrogens is 1460 g/mol. The minimum Gasteiger partial charge on any atom is -0.457 e. The number of fused-ring (bicyclic) bond motifs is 2. The van der Waals surface area contributed by atoms with Crippen LogP contribution in [0.4, 0.5) is 9.59 Å². The van der Waals surface area contributed by atoms with Gasteiger partial charge in [0.15, 0.2) is 47.2 Å². The van der Waals surface area contributed by atoms with Crippen LogP contribution >= 0.6 is 0 Å². The Balaban J connectivity index is 0.000000286. The molecule has 1 N–H and O–H groups in total. The molecule has 5 aliphatic heterocycles. The maximum absolute atomic E-state index is 14.8. The Morgan fingerprint density at radius 1 is 0.649 bits per heavy atom. The summed E-state index contributed by atoms with van der Waals surface area (Å²) in [4.78, 5) is 141. The average molecular weight is 1590 g/mol. The second-order valence-corrected chi connectivity index (χ2v) is 33.0. The molecule has 0 saturated carbocycles. The lowest BCUT2D eigenvalue weighted by Crippen LogP contribution is -2.61. The van der Waals surface area contributed by atoms with E-state index in [1.54, 1.807) is 96.7 Å². The van der Waals surface area contributed by atoms with Crippen LogP contribution in [0.25, 0.3) is 10.9 Å². The van der Waals surface area contributed by atoms with Crippen LogP contribution < -0.4 is 0 Å². The van der Waals surface area contributed by atoms with Crippen LogP contribution in [0.1, 0.15) is 191 Å². The van der Waals surface area contributed by atoms with E-state index in [0.717, 1.165) is 28.3 Å². The van der Waals surface area contributed by atoms with E-state index in [4.69, 9.17) is 52.1 Å². The maximum atomic E-state index is 14.8. The molecule has 9 rings (SSSR count). The molecule has 7 heterocycles. The van der Waals surface area contributed by atoms with Crippen LogP contribution in [-0.4, -0.2) is 238 Å². The van der Waals surface area contributed by atoms with Crippen LogP contribution in [-0.2, 0) is 87.3 Å². The number of imidazole rings is 1. The highest BCUT2D eigenvalue weighted by Gasteiger charge is 2.62. The number of amides is 1. The van der Waals surface area contributed by atoms with Crippen molar-refractivity contribution in [2.75, 3.05) is 49.0 Å². The number of aliphatic hydroxyl groups excluding tert-OH is 1. The lowest BCUT2D eigenvalue weighted by atomic mass is 9.72. The standard InChI is InChI=1S/C45H67N3O10.C42H59N3O11/c1-12-35-45(13-2)39(48(43(53)58-45)23-17-16-18-31-21-22-46-33-20-15-14-19-32(31)33)28(5)36(49)26(3)25-44(8,54-11)40(29(6)37(50)30(7)41(52)56-35)57-42-38(51)34(47(9)10)24-27(4)55-42;1-12-32-42(13-2,56-40(50)45-20-19-43-24-45)23-26(4)33(46)25(3)22-41(8,51-11)36(28(6)34(47)29(7)37(48)53-32)55-39-35(31(44(9)10)21-27(5)52-39)54-38(49)30-17-15-14-16-18-30/h14-15,19-22,26-30,34-35,38-40,42,51H,12-13,16-18,23-25H2,1-11H3;14-20,23-25,27-29,31-32,35-36,39H,12-13,21-22H2,1-11H3/b;26-23+/t26-,27-,28+,29+,30-,34+,35-,38-,39-,40-,42?,44+,45-;25-,27-,28+,29-,31+,32-,35-,36-,39?,41+,42+/m11/s1. The minimum atomic E-state index is -1.57. The van der Waals surface area contributed by atoms with Crippen molar-refractivity contribution in [2.45, 2.75) is 283 Å². The number of aromatic nitrogens is 3. The van der Waals surface area contributed by atoms with E-state index in [0.29, 0.717) is 31.4 Å². The van der Waals surface area contributed by atoms with E-state index in [2.05, 4.69) is 16.0 Å². The quantitative estimate of drug-likeness (QED) is 0.0372. The number of allylic oxidation sites excluding steroid dienone is 1. The molecule has 630 valence electrons. The molecular formula is C87H126N6O21. The molecule has 5 aliphatic rings. The predicted octanol–water partition coefficient (Wildman–Crippen LogP) is 12.0. The zero-order valence-electron chi connectivity index (χ0n) is 71.0. The molecule has 27 nitrogen and oxygen atoms in total. The van der Waals surface area contributed by atoms with Crippen molar-refractivity contribution >= 4 is 64.1 Å². The van der Waals surface area contributed by atoms with Gasteiger partial charge in [-0.1, -0.05) is 98.7 Å². The van der Waals surface area contributed by atoms with Gasteiger partial charge in [-0.05, 0) is 189 Å². The number of hydrogen-bond donors (Lipinski definition) is 1. The monoisotopic (exact) mass is 1590 g/mol. The van der Waals surface area contributed by atoms with Crippen LogP contribution in [0.15, 0.2) is 97.2 Å². The van der Waals surface area contributed by atoms with Crippen molar-refractivity contribution < 1.29 is 100 Å². The summed E-state index contributed by atoms with van der Waals surface area (Å²) in [5.74, 6) is -10.1. The van der Waals surface area contributed by atoms with Gasteiger partial charge in [-0.2, -0.15) is 0 Å². The van der Waals surface area contributed by atoms with Gasteiger partial charge in [0.05, 0.1) is 58.8 Å². The van der Waals surface area contributed by atoms with E-state index in [1.807, 2.05) is 110 Å². The van der Waals surface area contributed by atoms with Gasteiger partial charge in [-0.25, -0.2) is 23.9 Å². The number of methoxy groups -OCH3 is 2. The van der Waals surface area contributed by atoms with Gasteiger partial charge >= 0.3 is 30.1 Å². The number of esters is 3. The molecule has 0 spiro atoms. The van der Waals surface area contributed by atoms with Gasteiger partial charge in [0, 0.05) is 80.4 Å². The number of carbonyl (C=O) groups excluding carboxylic acids is 9. The summed E-state index contributed by atoms with van der Waals surface area (Å²) in [5.41, 5.74) is -2.77. The van der Waals surface area contributed by atoms with Crippen LogP contribution in [0.2, 0.25) is 0 Å². The van der Waals surface area contributed by atoms with Crippen molar-refractivity contribution in [1.82, 2.24) is 29.2 Å². The van der Waals surface area contributed by atoms with E-state index < -0.39 is 161 Å². The van der Waals surface area contributed by atoms with Gasteiger partial charge < -0.3 is 71.9 Å². The third-order valence-electron chi connectivity index (χ3n) is 24.6. The second kappa shape index (κ2) is 39.5. The summed E-state index contributed by atoms with van der Waals surface area (Å²) in [6.45, 7) is 28.2. The van der Waals surface area contributed by atoms with Crippen LogP contribution in [0, 0.1) is 41.4 Å². The van der Waals surface area contributed by atoms with Gasteiger partial charge in [0.2, 0.25) is 0 Å². The SMILES string of the molecule is CC[C@H]1OC(=O)[C@H](C)C(=O)[C@H](C)[C@@H](OC2O[C@H](C)C[C@H](N(C)C)[C@H]2O)[C@@](C)(OC)C[C@@H](C)C(=O)[C@H](C)[C@H]2N(CCCCc3ccnc4ccccc34)C(=O)O[C@]12CC.CC[C@H]1OC(=O)[C@H](C)C(=O)[C@H](C)[C@@H](OC2O[C@H](C)C[C@H](N(C)C)[C@H]2OC(=O)c2ccccc2)[C@@](C)(OC)C[C@@H](C)C(=O)/C(C)=C/[C@]1(CC)OC(=O)n1ccnc1. The zero-order valence-corrected chi connectivity index (χ0v) is 71.0. The van der Waals surface area contributed by atoms with E-state index in [-0.39, 0.29) is 80.0 Å². The fourth-order valence-electron chi connectivity index (χ4n) is 17.9. The molecule has 2 aromatic heterocycles. The predicted molar refractivity (Wildman–Crippen MR) is 424 cm³/mol. The molecule has 114 heavy (non-hydrogen) atoms. The molecule has 0 aliphatic carbocycles. The number of unbranched alkanes of at least 4 members (excludes halogenated alkanes) is 1. The maximum Gasteiger partial charge on any atom is 0.420 e. The Bertz CT molecular complexity index is 3980. The van der Waals surface area contributed by atoms with Crippen LogP contribution in [0.5, 0.6) is 0 Å². The smallest absolute Gasteiger partial charge is 0.420 e.